The Balaban J connectivity index is 3.22. The summed E-state index contributed by atoms with van der Waals surface area (Å²) in [6, 6.07) is 0. The topological polar surface area (TPSA) is 93.4 Å². The molecule has 6 heteroatoms. The lowest BCUT2D eigenvalue weighted by molar-refractivity contribution is -0.121. The van der Waals surface area contributed by atoms with Gasteiger partial charge in [-0.05, 0) is 7.05 Å². The van der Waals surface area contributed by atoms with Gasteiger partial charge in [-0.25, -0.2) is 4.79 Å². The van der Waals surface area contributed by atoms with Crippen molar-refractivity contribution in [2.45, 2.75) is 6.42 Å². The highest BCUT2D eigenvalue weighted by Crippen LogP contribution is 1.77. The van der Waals surface area contributed by atoms with E-state index in [2.05, 4.69) is 15.4 Å². The van der Waals surface area contributed by atoms with E-state index in [4.69, 9.17) is 5.73 Å². The molecule has 6 nitrogen and oxygen atoms in total. The van der Waals surface area contributed by atoms with E-state index in [0.29, 0.717) is 19.5 Å². The van der Waals surface area contributed by atoms with Gasteiger partial charge in [0.05, 0.1) is 6.54 Å². The van der Waals surface area contributed by atoms with E-state index < -0.39 is 6.09 Å². The Morgan fingerprint density at radius 1 is 1.38 bits per heavy atom. The summed E-state index contributed by atoms with van der Waals surface area (Å²) >= 11 is 0. The highest BCUT2D eigenvalue weighted by Gasteiger charge is 1.99. The number of carbonyl (C=O) groups is 2. The molecule has 0 radical (unpaired) electrons. The van der Waals surface area contributed by atoms with Crippen LogP contribution in [-0.2, 0) is 9.53 Å². The fraction of sp³-hybridized carbons (Fsp3) is 0.714. The maximum Gasteiger partial charge on any atom is 0.404 e. The van der Waals surface area contributed by atoms with Crippen LogP contribution in [0.25, 0.3) is 0 Å². The lowest BCUT2D eigenvalue weighted by Gasteiger charge is -2.04. The Morgan fingerprint density at radius 3 is 2.62 bits per heavy atom. The zero-order valence-corrected chi connectivity index (χ0v) is 7.63. The van der Waals surface area contributed by atoms with Crippen LogP contribution in [0.1, 0.15) is 6.42 Å². The Kier molecular flexibility index (Phi) is 6.62. The Hall–Kier alpha value is -1.30. The standard InChI is InChI=1S/C7H15N3O3/c1-9-3-2-6(11)10-4-5-13-7(8)12/h9H,2-5H2,1H3,(H2,8,12)(H,10,11). The highest BCUT2D eigenvalue weighted by molar-refractivity contribution is 5.76. The minimum absolute atomic E-state index is 0.0811. The van der Waals surface area contributed by atoms with Gasteiger partial charge in [0, 0.05) is 13.0 Å². The third-order valence-electron chi connectivity index (χ3n) is 1.27. The van der Waals surface area contributed by atoms with Crippen molar-refractivity contribution in [2.75, 3.05) is 26.7 Å². The van der Waals surface area contributed by atoms with Crippen LogP contribution >= 0.6 is 0 Å². The van der Waals surface area contributed by atoms with Gasteiger partial charge < -0.3 is 21.1 Å². The average Bonchev–Trinajstić information content (AvgIpc) is 2.08. The van der Waals surface area contributed by atoms with Crippen molar-refractivity contribution in [1.82, 2.24) is 10.6 Å². The third kappa shape index (κ3) is 8.61. The van der Waals surface area contributed by atoms with Gasteiger partial charge in [-0.3, -0.25) is 4.79 Å². The first-order valence-corrected chi connectivity index (χ1v) is 4.00. The molecule has 0 atom stereocenters. The molecular formula is C7H15N3O3. The Morgan fingerprint density at radius 2 is 2.08 bits per heavy atom. The monoisotopic (exact) mass is 189 g/mol. The highest BCUT2D eigenvalue weighted by atomic mass is 16.5. The predicted octanol–water partition coefficient (Wildman–Crippen LogP) is -1.19. The molecule has 0 rings (SSSR count). The summed E-state index contributed by atoms with van der Waals surface area (Å²) in [6.45, 7) is 1.04. The zero-order chi connectivity index (χ0) is 10.1. The number of ether oxygens (including phenoxy) is 1. The van der Waals surface area contributed by atoms with Crippen molar-refractivity contribution in [3.63, 3.8) is 0 Å². The number of rotatable bonds is 6. The van der Waals surface area contributed by atoms with Crippen LogP contribution in [0.2, 0.25) is 0 Å². The normalized spacial score (nSPS) is 9.31. The summed E-state index contributed by atoms with van der Waals surface area (Å²) in [5.74, 6) is -0.0811. The molecule has 0 heterocycles. The van der Waals surface area contributed by atoms with E-state index in [1.165, 1.54) is 0 Å². The van der Waals surface area contributed by atoms with Crippen molar-refractivity contribution in [3.8, 4) is 0 Å². The van der Waals surface area contributed by atoms with Crippen LogP contribution in [-0.4, -0.2) is 38.7 Å². The van der Waals surface area contributed by atoms with Crippen LogP contribution in [0.5, 0.6) is 0 Å². The second-order valence-corrected chi connectivity index (χ2v) is 2.37. The maximum atomic E-state index is 10.9. The first kappa shape index (κ1) is 11.7. The van der Waals surface area contributed by atoms with Gasteiger partial charge >= 0.3 is 6.09 Å². The number of amides is 2. The van der Waals surface area contributed by atoms with Crippen LogP contribution < -0.4 is 16.4 Å². The van der Waals surface area contributed by atoms with E-state index in [9.17, 15) is 9.59 Å². The molecule has 0 aliphatic heterocycles. The number of nitrogens with one attached hydrogen (secondary N) is 2. The van der Waals surface area contributed by atoms with E-state index >= 15 is 0 Å². The zero-order valence-electron chi connectivity index (χ0n) is 7.63. The smallest absolute Gasteiger partial charge is 0.404 e. The minimum Gasteiger partial charge on any atom is -0.448 e. The van der Waals surface area contributed by atoms with E-state index in [0.717, 1.165) is 0 Å². The van der Waals surface area contributed by atoms with Crippen LogP contribution in [0, 0.1) is 0 Å². The van der Waals surface area contributed by atoms with Gasteiger partial charge in [0.25, 0.3) is 0 Å². The van der Waals surface area contributed by atoms with Crippen molar-refractivity contribution < 1.29 is 14.3 Å². The minimum atomic E-state index is -0.829. The Bertz CT molecular complexity index is 172. The first-order valence-electron chi connectivity index (χ1n) is 4.00. The summed E-state index contributed by atoms with van der Waals surface area (Å²) < 4.78 is 4.41. The van der Waals surface area contributed by atoms with E-state index in [1.807, 2.05) is 0 Å². The maximum absolute atomic E-state index is 10.9. The molecule has 0 spiro atoms. The van der Waals surface area contributed by atoms with Crippen molar-refractivity contribution in [3.05, 3.63) is 0 Å². The molecule has 0 unspecified atom stereocenters. The largest absolute Gasteiger partial charge is 0.448 e. The van der Waals surface area contributed by atoms with Gasteiger partial charge in [0.1, 0.15) is 6.61 Å². The molecule has 0 fully saturated rings. The lowest BCUT2D eigenvalue weighted by atomic mass is 10.4. The first-order chi connectivity index (χ1) is 6.16. The summed E-state index contributed by atoms with van der Waals surface area (Å²) in [5, 5.41) is 5.40. The number of primary amides is 1. The van der Waals surface area contributed by atoms with Gasteiger partial charge in [0.15, 0.2) is 0 Å². The van der Waals surface area contributed by atoms with Crippen molar-refractivity contribution in [2.24, 2.45) is 5.73 Å². The van der Waals surface area contributed by atoms with E-state index in [1.54, 1.807) is 7.05 Å². The fourth-order valence-corrected chi connectivity index (χ4v) is 0.669. The average molecular weight is 189 g/mol. The van der Waals surface area contributed by atoms with Gasteiger partial charge in [-0.15, -0.1) is 0 Å². The van der Waals surface area contributed by atoms with Gasteiger partial charge in [0.2, 0.25) is 5.91 Å². The summed E-state index contributed by atoms with van der Waals surface area (Å²) in [7, 11) is 1.77. The molecule has 0 aliphatic rings. The van der Waals surface area contributed by atoms with Gasteiger partial charge in [-0.1, -0.05) is 0 Å². The van der Waals surface area contributed by atoms with Crippen molar-refractivity contribution in [1.29, 1.82) is 0 Å². The summed E-state index contributed by atoms with van der Waals surface area (Å²) in [4.78, 5) is 21.0. The van der Waals surface area contributed by atoms with E-state index in [-0.39, 0.29) is 12.5 Å². The number of nitrogens with two attached hydrogens (primary N) is 1. The number of hydrogen-bond donors (Lipinski definition) is 3. The molecule has 0 aromatic rings. The molecule has 0 aliphatic carbocycles. The molecule has 0 saturated carbocycles. The van der Waals surface area contributed by atoms with Gasteiger partial charge in [-0.2, -0.15) is 0 Å². The summed E-state index contributed by atoms with van der Waals surface area (Å²) in [5.41, 5.74) is 4.71. The molecule has 2 amide bonds. The Labute approximate surface area is 76.8 Å². The van der Waals surface area contributed by atoms with Crippen LogP contribution in [0.3, 0.4) is 0 Å². The summed E-state index contributed by atoms with van der Waals surface area (Å²) in [6.07, 6.45) is -0.419. The molecule has 13 heavy (non-hydrogen) atoms. The van der Waals surface area contributed by atoms with Crippen LogP contribution in [0.15, 0.2) is 0 Å². The molecule has 0 aromatic heterocycles. The molecule has 0 saturated heterocycles. The fourth-order valence-electron chi connectivity index (χ4n) is 0.669. The number of carbonyl (C=O) groups excluding carboxylic acids is 2. The molecule has 4 N–H and O–H groups in total. The van der Waals surface area contributed by atoms with Crippen molar-refractivity contribution >= 4 is 12.0 Å². The third-order valence-corrected chi connectivity index (χ3v) is 1.27. The molecule has 76 valence electrons. The SMILES string of the molecule is CNCCC(=O)NCCOC(N)=O. The lowest BCUT2D eigenvalue weighted by Crippen LogP contribution is -2.30. The second kappa shape index (κ2) is 7.35. The van der Waals surface area contributed by atoms with Crippen LogP contribution in [0.4, 0.5) is 4.79 Å². The molecule has 0 aromatic carbocycles. The molecule has 0 bridgehead atoms. The quantitative estimate of drug-likeness (QED) is 0.458. The molecular weight excluding hydrogens is 174 g/mol. The second-order valence-electron chi connectivity index (χ2n) is 2.37. The predicted molar refractivity (Wildman–Crippen MR) is 47.1 cm³/mol. The number of hydrogen-bond acceptors (Lipinski definition) is 4.